The van der Waals surface area contributed by atoms with E-state index >= 15 is 0 Å². The molecular weight excluding hydrogens is 344 g/mol. The topological polar surface area (TPSA) is 68.8 Å². The van der Waals surface area contributed by atoms with Crippen molar-refractivity contribution in [2.45, 2.75) is 25.9 Å². The molecular formula is C21H26N2O4. The third-order valence-corrected chi connectivity index (χ3v) is 4.21. The summed E-state index contributed by atoms with van der Waals surface area (Å²) in [6, 6.07) is 15.0. The first-order valence-electron chi connectivity index (χ1n) is 9.34. The molecule has 0 radical (unpaired) electrons. The van der Waals surface area contributed by atoms with E-state index in [1.807, 2.05) is 55.5 Å². The van der Waals surface area contributed by atoms with Crippen LogP contribution in [0.2, 0.25) is 0 Å². The van der Waals surface area contributed by atoms with Crippen LogP contribution in [0.3, 0.4) is 0 Å². The maximum atomic E-state index is 12.3. The van der Waals surface area contributed by atoms with Gasteiger partial charge in [-0.3, -0.25) is 4.79 Å². The highest BCUT2D eigenvalue weighted by Gasteiger charge is 2.17. The molecule has 1 fully saturated rings. The summed E-state index contributed by atoms with van der Waals surface area (Å²) < 4.78 is 16.9. The normalized spacial score (nSPS) is 16.0. The lowest BCUT2D eigenvalue weighted by Gasteiger charge is -2.15. The smallest absolute Gasteiger partial charge is 0.243 e. The third kappa shape index (κ3) is 5.89. The molecule has 1 aliphatic heterocycles. The number of carbonyl (C=O) groups excluding carboxylic acids is 1. The monoisotopic (exact) mass is 370 g/mol. The summed E-state index contributed by atoms with van der Waals surface area (Å²) in [7, 11) is 0. The van der Waals surface area contributed by atoms with E-state index in [1.54, 1.807) is 0 Å². The summed E-state index contributed by atoms with van der Waals surface area (Å²) in [5.74, 6) is 1.28. The first kappa shape index (κ1) is 19.0. The second-order valence-corrected chi connectivity index (χ2v) is 6.30. The number of para-hydroxylation sites is 2. The molecule has 0 saturated carbocycles. The molecule has 6 heteroatoms. The number of ether oxygens (including phenoxy) is 3. The molecule has 144 valence electrons. The molecule has 0 spiro atoms. The van der Waals surface area contributed by atoms with Gasteiger partial charge >= 0.3 is 0 Å². The zero-order valence-corrected chi connectivity index (χ0v) is 15.6. The number of anilines is 2. The Labute approximate surface area is 159 Å². The van der Waals surface area contributed by atoms with Crippen molar-refractivity contribution in [2.75, 3.05) is 37.0 Å². The molecule has 2 aromatic rings. The minimum atomic E-state index is -0.148. The van der Waals surface area contributed by atoms with Gasteiger partial charge in [-0.05, 0) is 44.0 Å². The van der Waals surface area contributed by atoms with Crippen molar-refractivity contribution in [3.63, 3.8) is 0 Å². The maximum absolute atomic E-state index is 12.3. The molecule has 2 aromatic carbocycles. The van der Waals surface area contributed by atoms with E-state index in [2.05, 4.69) is 10.6 Å². The Morgan fingerprint density at radius 2 is 2.07 bits per heavy atom. The second kappa shape index (κ2) is 9.83. The Morgan fingerprint density at radius 3 is 2.89 bits per heavy atom. The molecule has 0 bridgehead atoms. The number of benzene rings is 2. The van der Waals surface area contributed by atoms with Gasteiger partial charge in [-0.1, -0.05) is 18.2 Å². The second-order valence-electron chi connectivity index (χ2n) is 6.30. The number of hydrogen-bond donors (Lipinski definition) is 2. The lowest BCUT2D eigenvalue weighted by Crippen LogP contribution is -2.22. The Balaban J connectivity index is 1.52. The first-order valence-corrected chi connectivity index (χ1v) is 9.34. The number of carbonyl (C=O) groups is 1. The summed E-state index contributed by atoms with van der Waals surface area (Å²) in [4.78, 5) is 12.3. The first-order chi connectivity index (χ1) is 13.2. The van der Waals surface area contributed by atoms with E-state index in [1.165, 1.54) is 0 Å². The summed E-state index contributed by atoms with van der Waals surface area (Å²) in [5, 5.41) is 6.00. The minimum Gasteiger partial charge on any atom is -0.494 e. The van der Waals surface area contributed by atoms with Crippen LogP contribution >= 0.6 is 0 Å². The molecule has 1 unspecified atom stereocenters. The van der Waals surface area contributed by atoms with Gasteiger partial charge in [0.25, 0.3) is 0 Å². The summed E-state index contributed by atoms with van der Waals surface area (Å²) >= 11 is 0. The molecule has 3 rings (SSSR count). The third-order valence-electron chi connectivity index (χ3n) is 4.21. The van der Waals surface area contributed by atoms with E-state index in [-0.39, 0.29) is 18.6 Å². The van der Waals surface area contributed by atoms with E-state index in [4.69, 9.17) is 14.2 Å². The van der Waals surface area contributed by atoms with Gasteiger partial charge in [0.15, 0.2) is 0 Å². The molecule has 0 aromatic heterocycles. The Bertz CT molecular complexity index is 744. The lowest BCUT2D eigenvalue weighted by atomic mass is 10.2. The van der Waals surface area contributed by atoms with Crippen LogP contribution in [0.5, 0.6) is 11.5 Å². The fourth-order valence-corrected chi connectivity index (χ4v) is 2.89. The van der Waals surface area contributed by atoms with Crippen LogP contribution in [-0.2, 0) is 9.53 Å². The zero-order valence-electron chi connectivity index (χ0n) is 15.6. The van der Waals surface area contributed by atoms with E-state index in [0.717, 1.165) is 30.9 Å². The molecule has 1 atom stereocenters. The van der Waals surface area contributed by atoms with Gasteiger partial charge in [0.2, 0.25) is 5.91 Å². The Morgan fingerprint density at radius 1 is 1.19 bits per heavy atom. The number of rotatable bonds is 9. The van der Waals surface area contributed by atoms with Crippen molar-refractivity contribution < 1.29 is 19.0 Å². The molecule has 2 N–H and O–H groups in total. The van der Waals surface area contributed by atoms with Crippen molar-refractivity contribution >= 4 is 17.3 Å². The standard InChI is InChI=1S/C21H26N2O4/c1-2-25-17-8-5-7-16(13-17)22-14-21(24)23-19-10-3-4-11-20(19)27-15-18-9-6-12-26-18/h3-5,7-8,10-11,13,18,22H,2,6,9,12,14-15H2,1H3,(H,23,24). The fraction of sp³-hybridized carbons (Fsp3) is 0.381. The zero-order chi connectivity index (χ0) is 18.9. The van der Waals surface area contributed by atoms with Crippen LogP contribution in [0.25, 0.3) is 0 Å². The fourth-order valence-electron chi connectivity index (χ4n) is 2.89. The number of hydrogen-bond acceptors (Lipinski definition) is 5. The number of nitrogens with one attached hydrogen (secondary N) is 2. The van der Waals surface area contributed by atoms with Gasteiger partial charge in [-0.15, -0.1) is 0 Å². The van der Waals surface area contributed by atoms with E-state index in [0.29, 0.717) is 24.7 Å². The van der Waals surface area contributed by atoms with Crippen LogP contribution in [-0.4, -0.2) is 38.4 Å². The minimum absolute atomic E-state index is 0.132. The van der Waals surface area contributed by atoms with Gasteiger partial charge in [-0.25, -0.2) is 0 Å². The van der Waals surface area contributed by atoms with E-state index < -0.39 is 0 Å². The van der Waals surface area contributed by atoms with Crippen LogP contribution in [0.15, 0.2) is 48.5 Å². The Hall–Kier alpha value is -2.73. The molecule has 1 heterocycles. The average Bonchev–Trinajstić information content (AvgIpc) is 3.20. The highest BCUT2D eigenvalue weighted by molar-refractivity contribution is 5.95. The molecule has 6 nitrogen and oxygen atoms in total. The van der Waals surface area contributed by atoms with Crippen LogP contribution in [0.1, 0.15) is 19.8 Å². The van der Waals surface area contributed by atoms with Crippen molar-refractivity contribution in [2.24, 2.45) is 0 Å². The summed E-state index contributed by atoms with van der Waals surface area (Å²) in [6.07, 6.45) is 2.22. The lowest BCUT2D eigenvalue weighted by molar-refractivity contribution is -0.114. The Kier molecular flexibility index (Phi) is 6.93. The van der Waals surface area contributed by atoms with Gasteiger partial charge in [0.1, 0.15) is 18.1 Å². The van der Waals surface area contributed by atoms with Crippen LogP contribution in [0.4, 0.5) is 11.4 Å². The number of amides is 1. The molecule has 1 saturated heterocycles. The largest absolute Gasteiger partial charge is 0.494 e. The maximum Gasteiger partial charge on any atom is 0.243 e. The SMILES string of the molecule is CCOc1cccc(NCC(=O)Nc2ccccc2OCC2CCCO2)c1. The highest BCUT2D eigenvalue weighted by atomic mass is 16.5. The van der Waals surface area contributed by atoms with Gasteiger partial charge in [-0.2, -0.15) is 0 Å². The van der Waals surface area contributed by atoms with Crippen molar-refractivity contribution in [3.8, 4) is 11.5 Å². The van der Waals surface area contributed by atoms with E-state index in [9.17, 15) is 4.79 Å². The van der Waals surface area contributed by atoms with Gasteiger partial charge in [0.05, 0.1) is 24.9 Å². The van der Waals surface area contributed by atoms with Crippen molar-refractivity contribution in [1.29, 1.82) is 0 Å². The predicted octanol–water partition coefficient (Wildman–Crippen LogP) is 3.69. The van der Waals surface area contributed by atoms with Crippen LogP contribution < -0.4 is 20.1 Å². The molecule has 1 amide bonds. The highest BCUT2D eigenvalue weighted by Crippen LogP contribution is 2.25. The molecule has 27 heavy (non-hydrogen) atoms. The average molecular weight is 370 g/mol. The molecule has 0 aliphatic carbocycles. The molecule has 1 aliphatic rings. The van der Waals surface area contributed by atoms with Crippen LogP contribution in [0, 0.1) is 0 Å². The van der Waals surface area contributed by atoms with Crippen molar-refractivity contribution in [3.05, 3.63) is 48.5 Å². The van der Waals surface area contributed by atoms with Crippen molar-refractivity contribution in [1.82, 2.24) is 0 Å². The quantitative estimate of drug-likeness (QED) is 0.704. The predicted molar refractivity (Wildman–Crippen MR) is 106 cm³/mol. The van der Waals surface area contributed by atoms with Gasteiger partial charge in [0, 0.05) is 18.4 Å². The summed E-state index contributed by atoms with van der Waals surface area (Å²) in [6.45, 7) is 3.98. The summed E-state index contributed by atoms with van der Waals surface area (Å²) in [5.41, 5.74) is 1.49. The van der Waals surface area contributed by atoms with Gasteiger partial charge < -0.3 is 24.8 Å².